The molecule has 0 aliphatic heterocycles. The number of benzene rings is 8. The lowest BCUT2D eigenvalue weighted by Crippen LogP contribution is -2.16. The van der Waals surface area contributed by atoms with Crippen LogP contribution < -0.4 is 4.90 Å². The minimum atomic E-state index is -0.206. The molecule has 4 heteroatoms. The number of hydrogen-bond donors (Lipinski definition) is 0. The Morgan fingerprint density at radius 2 is 1.19 bits per heavy atom. The number of hydrogen-bond acceptors (Lipinski definition) is 3. The van der Waals surface area contributed by atoms with Gasteiger partial charge in [-0.1, -0.05) is 123 Å². The fourth-order valence-corrected chi connectivity index (χ4v) is 10.0. The number of rotatable bonds is 5. The number of anilines is 3. The molecule has 256 valence electrons. The van der Waals surface area contributed by atoms with E-state index in [1.54, 1.807) is 0 Å². The van der Waals surface area contributed by atoms with E-state index in [9.17, 15) is 0 Å². The quantitative estimate of drug-likeness (QED) is 0.177. The maximum atomic E-state index is 5.26. The maximum absolute atomic E-state index is 5.26. The first kappa shape index (κ1) is 31.1. The van der Waals surface area contributed by atoms with Crippen molar-refractivity contribution in [2.45, 2.75) is 19.3 Å². The molecule has 0 saturated carbocycles. The Bertz CT molecular complexity index is 3070. The summed E-state index contributed by atoms with van der Waals surface area (Å²) in [6, 6.07) is 63.9. The molecule has 0 bridgehead atoms. The third kappa shape index (κ3) is 4.57. The Morgan fingerprint density at radius 1 is 0.519 bits per heavy atom. The summed E-state index contributed by atoms with van der Waals surface area (Å²) in [6.07, 6.45) is 0. The van der Waals surface area contributed by atoms with Gasteiger partial charge in [0.1, 0.15) is 5.82 Å². The molecule has 54 heavy (non-hydrogen) atoms. The van der Waals surface area contributed by atoms with E-state index in [1.165, 1.54) is 53.2 Å². The summed E-state index contributed by atoms with van der Waals surface area (Å²) in [6.45, 7) is 4.77. The Morgan fingerprint density at radius 3 is 2.00 bits per heavy atom. The number of thiophene rings is 1. The van der Waals surface area contributed by atoms with Crippen LogP contribution in [-0.2, 0) is 5.41 Å². The number of para-hydroxylation sites is 2. The van der Waals surface area contributed by atoms with Crippen molar-refractivity contribution in [2.24, 2.45) is 0 Å². The van der Waals surface area contributed by atoms with Crippen LogP contribution in [0.2, 0.25) is 0 Å². The maximum Gasteiger partial charge on any atom is 0.145 e. The van der Waals surface area contributed by atoms with Crippen LogP contribution in [-0.4, -0.2) is 9.55 Å². The molecule has 1 aliphatic carbocycles. The van der Waals surface area contributed by atoms with Crippen LogP contribution >= 0.6 is 11.3 Å². The molecule has 11 rings (SSSR count). The molecule has 0 fully saturated rings. The van der Waals surface area contributed by atoms with Gasteiger partial charge in [-0.15, -0.1) is 11.3 Å². The zero-order valence-corrected chi connectivity index (χ0v) is 30.8. The molecular weight excluding hydrogens is 675 g/mol. The molecule has 8 aromatic carbocycles. The first-order valence-corrected chi connectivity index (χ1v) is 19.4. The van der Waals surface area contributed by atoms with Crippen molar-refractivity contribution >= 4 is 70.4 Å². The van der Waals surface area contributed by atoms with Crippen molar-refractivity contribution in [2.75, 3.05) is 4.90 Å². The Balaban J connectivity index is 1.12. The highest BCUT2D eigenvalue weighted by molar-refractivity contribution is 7.25. The second kappa shape index (κ2) is 11.8. The van der Waals surface area contributed by atoms with Gasteiger partial charge in [0.15, 0.2) is 0 Å². The third-order valence-corrected chi connectivity index (χ3v) is 12.5. The summed E-state index contributed by atoms with van der Waals surface area (Å²) in [5.74, 6) is 0.951. The summed E-state index contributed by atoms with van der Waals surface area (Å²) >= 11 is 1.86. The molecule has 2 aromatic heterocycles. The summed E-state index contributed by atoms with van der Waals surface area (Å²) in [7, 11) is 0. The molecule has 2 heterocycles. The van der Waals surface area contributed by atoms with Crippen molar-refractivity contribution in [3.05, 3.63) is 187 Å². The van der Waals surface area contributed by atoms with Crippen LogP contribution in [0.5, 0.6) is 0 Å². The van der Waals surface area contributed by atoms with Crippen LogP contribution in [0.3, 0.4) is 0 Å². The van der Waals surface area contributed by atoms with E-state index in [2.05, 4.69) is 199 Å². The Labute approximate surface area is 318 Å². The van der Waals surface area contributed by atoms with Gasteiger partial charge in [-0.25, -0.2) is 4.98 Å². The zero-order chi connectivity index (χ0) is 36.0. The van der Waals surface area contributed by atoms with E-state index in [0.717, 1.165) is 45.2 Å². The molecule has 3 nitrogen and oxygen atoms in total. The van der Waals surface area contributed by atoms with Crippen LogP contribution in [0.4, 0.5) is 17.1 Å². The summed E-state index contributed by atoms with van der Waals surface area (Å²) < 4.78 is 4.97. The fourth-order valence-electron chi connectivity index (χ4n) is 8.93. The van der Waals surface area contributed by atoms with Gasteiger partial charge in [0.25, 0.3) is 0 Å². The molecule has 0 atom stereocenters. The summed E-state index contributed by atoms with van der Waals surface area (Å²) in [5, 5.41) is 5.09. The second-order valence-corrected chi connectivity index (χ2v) is 15.9. The van der Waals surface area contributed by atoms with Crippen LogP contribution in [0.15, 0.2) is 176 Å². The van der Waals surface area contributed by atoms with Gasteiger partial charge in [0, 0.05) is 59.3 Å². The first-order valence-electron chi connectivity index (χ1n) is 18.6. The highest BCUT2D eigenvalue weighted by atomic mass is 32.1. The van der Waals surface area contributed by atoms with Gasteiger partial charge in [0.2, 0.25) is 0 Å². The number of imidazole rings is 1. The normalized spacial score (nSPS) is 13.1. The van der Waals surface area contributed by atoms with Gasteiger partial charge in [-0.3, -0.25) is 4.57 Å². The highest BCUT2D eigenvalue weighted by Crippen LogP contribution is 2.54. The average molecular weight is 710 g/mol. The molecule has 0 unspecified atom stereocenters. The fraction of sp³-hybridized carbons (Fsp3) is 0.0600. The predicted octanol–water partition coefficient (Wildman–Crippen LogP) is 14.0. The molecule has 0 radical (unpaired) electrons. The summed E-state index contributed by atoms with van der Waals surface area (Å²) in [4.78, 5) is 7.67. The molecule has 10 aromatic rings. The monoisotopic (exact) mass is 709 g/mol. The lowest BCUT2D eigenvalue weighted by atomic mass is 9.80. The minimum Gasteiger partial charge on any atom is -0.310 e. The highest BCUT2D eigenvalue weighted by Gasteiger charge is 2.38. The third-order valence-electron chi connectivity index (χ3n) is 11.3. The lowest BCUT2D eigenvalue weighted by Gasteiger charge is -2.27. The predicted molar refractivity (Wildman–Crippen MR) is 229 cm³/mol. The van der Waals surface area contributed by atoms with Crippen molar-refractivity contribution < 1.29 is 0 Å². The number of nitrogens with zero attached hydrogens (tertiary/aromatic N) is 3. The minimum absolute atomic E-state index is 0.206. The first-order chi connectivity index (χ1) is 26.5. The number of fused-ring (bicyclic) bond motifs is 10. The van der Waals surface area contributed by atoms with E-state index in [-0.39, 0.29) is 5.41 Å². The van der Waals surface area contributed by atoms with Crippen LogP contribution in [0.25, 0.3) is 70.2 Å². The van der Waals surface area contributed by atoms with Gasteiger partial charge in [-0.2, -0.15) is 0 Å². The second-order valence-electron chi connectivity index (χ2n) is 14.8. The van der Waals surface area contributed by atoms with Crippen molar-refractivity contribution in [3.63, 3.8) is 0 Å². The lowest BCUT2D eigenvalue weighted by molar-refractivity contribution is 0.666. The van der Waals surface area contributed by atoms with E-state index in [1.807, 2.05) is 11.3 Å². The largest absolute Gasteiger partial charge is 0.310 e. The van der Waals surface area contributed by atoms with E-state index < -0.39 is 0 Å². The Kier molecular flexibility index (Phi) is 6.77. The van der Waals surface area contributed by atoms with Gasteiger partial charge in [-0.05, 0) is 94.4 Å². The van der Waals surface area contributed by atoms with E-state index in [4.69, 9.17) is 4.98 Å². The molecule has 0 amide bonds. The topological polar surface area (TPSA) is 21.1 Å². The molecule has 0 spiro atoms. The van der Waals surface area contributed by atoms with Gasteiger partial charge in [0.05, 0.1) is 11.0 Å². The SMILES string of the molecule is CC1(C)c2ccc(N(c3ccccc3)c3ccc4sc5ccccc5c4c3)cc2-c2ccc3c(ccc4nc(-c5ccccc5)n(-c5ccccc5)c43)c21. The smallest absolute Gasteiger partial charge is 0.145 e. The standard InChI is InChI=1S/C50H35N3S/c1-50(2)43-27-22-35(52(33-16-8-4-9-17-33)36-23-29-46-42(31-36)37-20-12-13-21-45(37)54-46)30-41(43)39-24-25-40-38(47(39)50)26-28-44-48(40)53(34-18-10-5-11-19-34)49(51-44)32-14-6-3-7-15-32/h3-31H,1-2H3. The Hall–Kier alpha value is -6.49. The average Bonchev–Trinajstić information content (AvgIpc) is 3.87. The van der Waals surface area contributed by atoms with E-state index in [0.29, 0.717) is 0 Å². The van der Waals surface area contributed by atoms with Gasteiger partial charge < -0.3 is 4.90 Å². The van der Waals surface area contributed by atoms with Crippen molar-refractivity contribution in [1.82, 2.24) is 9.55 Å². The van der Waals surface area contributed by atoms with E-state index >= 15 is 0 Å². The molecule has 1 aliphatic rings. The van der Waals surface area contributed by atoms with Crippen LogP contribution in [0, 0.1) is 0 Å². The van der Waals surface area contributed by atoms with Crippen molar-refractivity contribution in [1.29, 1.82) is 0 Å². The zero-order valence-electron chi connectivity index (χ0n) is 30.0. The number of aromatic nitrogens is 2. The van der Waals surface area contributed by atoms with Gasteiger partial charge >= 0.3 is 0 Å². The molecule has 0 N–H and O–H groups in total. The summed E-state index contributed by atoms with van der Waals surface area (Å²) in [5.41, 5.74) is 12.9. The van der Waals surface area contributed by atoms with Crippen molar-refractivity contribution in [3.8, 4) is 28.2 Å². The molecule has 0 saturated heterocycles. The molecular formula is C50H35N3S. The van der Waals surface area contributed by atoms with Crippen LogP contribution in [0.1, 0.15) is 25.0 Å².